The molecule has 1 aliphatic rings. The number of para-hydroxylation sites is 1. The number of allylic oxidation sites excluding steroid dienone is 2. The number of benzene rings is 1. The van der Waals surface area contributed by atoms with Gasteiger partial charge >= 0.3 is 0 Å². The van der Waals surface area contributed by atoms with Gasteiger partial charge in [-0.3, -0.25) is 14.2 Å². The van der Waals surface area contributed by atoms with Crippen LogP contribution in [0.1, 0.15) is 37.9 Å². The zero-order valence-corrected chi connectivity index (χ0v) is 17.6. The molecule has 2 heterocycles. The summed E-state index contributed by atoms with van der Waals surface area (Å²) in [6.07, 6.45) is 9.42. The van der Waals surface area contributed by atoms with Crippen LogP contribution < -0.4 is 10.9 Å². The van der Waals surface area contributed by atoms with Gasteiger partial charge in [0.1, 0.15) is 5.76 Å². The topological polar surface area (TPSA) is 77.1 Å². The average Bonchev–Trinajstić information content (AvgIpc) is 3.30. The molecule has 0 saturated carbocycles. The number of amides is 1. The van der Waals surface area contributed by atoms with E-state index in [1.54, 1.807) is 16.9 Å². The molecular formula is C23H25N3O3S. The maximum Gasteiger partial charge on any atom is 0.262 e. The van der Waals surface area contributed by atoms with Crippen molar-refractivity contribution in [1.82, 2.24) is 14.9 Å². The highest BCUT2D eigenvalue weighted by molar-refractivity contribution is 7.99. The van der Waals surface area contributed by atoms with Crippen molar-refractivity contribution < 1.29 is 9.21 Å². The third kappa shape index (κ3) is 5.02. The Morgan fingerprint density at radius 3 is 2.90 bits per heavy atom. The van der Waals surface area contributed by atoms with Gasteiger partial charge in [0.25, 0.3) is 5.56 Å². The van der Waals surface area contributed by atoms with Gasteiger partial charge < -0.3 is 9.73 Å². The van der Waals surface area contributed by atoms with Crippen molar-refractivity contribution in [2.75, 3.05) is 5.75 Å². The molecule has 30 heavy (non-hydrogen) atoms. The van der Waals surface area contributed by atoms with Crippen LogP contribution in [0.15, 0.2) is 68.7 Å². The summed E-state index contributed by atoms with van der Waals surface area (Å²) in [5, 5.41) is 4.03. The summed E-state index contributed by atoms with van der Waals surface area (Å²) in [5.41, 5.74) is 2.03. The SMILES string of the molecule is O=C(CSc1nc2ccccc2c(=O)n1CCC1=CCCCC1)NCc1ccco1. The first kappa shape index (κ1) is 20.5. The Kier molecular flexibility index (Phi) is 6.69. The van der Waals surface area contributed by atoms with Crippen molar-refractivity contribution in [2.24, 2.45) is 0 Å². The maximum atomic E-state index is 13.1. The normalized spacial score (nSPS) is 13.9. The van der Waals surface area contributed by atoms with Crippen LogP contribution in [0.3, 0.4) is 0 Å². The first-order valence-electron chi connectivity index (χ1n) is 10.3. The first-order valence-corrected chi connectivity index (χ1v) is 11.3. The van der Waals surface area contributed by atoms with E-state index in [-0.39, 0.29) is 17.2 Å². The largest absolute Gasteiger partial charge is 0.467 e. The van der Waals surface area contributed by atoms with Crippen LogP contribution in [0, 0.1) is 0 Å². The molecule has 3 aromatic rings. The lowest BCUT2D eigenvalue weighted by molar-refractivity contribution is -0.118. The van der Waals surface area contributed by atoms with Gasteiger partial charge in [0.2, 0.25) is 5.91 Å². The standard InChI is InChI=1S/C23H25N3O3S/c27-21(24-15-18-9-6-14-29-18)16-30-23-25-20-11-5-4-10-19(20)22(28)26(23)13-12-17-7-2-1-3-8-17/h4-7,9-11,14H,1-3,8,12-13,15-16H2,(H,24,27). The Hall–Kier alpha value is -2.80. The molecule has 0 atom stereocenters. The van der Waals surface area contributed by atoms with Crippen LogP contribution in [0.5, 0.6) is 0 Å². The monoisotopic (exact) mass is 423 g/mol. The molecule has 1 aliphatic carbocycles. The molecule has 0 fully saturated rings. The van der Waals surface area contributed by atoms with Gasteiger partial charge in [-0.25, -0.2) is 4.98 Å². The van der Waals surface area contributed by atoms with Crippen molar-refractivity contribution in [2.45, 2.75) is 50.4 Å². The molecule has 0 spiro atoms. The van der Waals surface area contributed by atoms with Crippen LogP contribution >= 0.6 is 11.8 Å². The van der Waals surface area contributed by atoms with Gasteiger partial charge in [0.05, 0.1) is 29.5 Å². The second-order valence-electron chi connectivity index (χ2n) is 7.37. The third-order valence-corrected chi connectivity index (χ3v) is 6.22. The Labute approximate surface area is 179 Å². The number of hydrogen-bond donors (Lipinski definition) is 1. The molecule has 0 saturated heterocycles. The maximum absolute atomic E-state index is 13.1. The lowest BCUT2D eigenvalue weighted by Crippen LogP contribution is -2.27. The molecule has 0 unspecified atom stereocenters. The molecule has 2 aromatic heterocycles. The number of carbonyl (C=O) groups excluding carboxylic acids is 1. The Bertz CT molecular complexity index is 1100. The van der Waals surface area contributed by atoms with Gasteiger partial charge in [-0.2, -0.15) is 0 Å². The van der Waals surface area contributed by atoms with Crippen molar-refractivity contribution >= 4 is 28.6 Å². The van der Waals surface area contributed by atoms with E-state index in [4.69, 9.17) is 4.42 Å². The van der Waals surface area contributed by atoms with Crippen molar-refractivity contribution in [3.05, 3.63) is 70.4 Å². The molecule has 6 nitrogen and oxygen atoms in total. The average molecular weight is 424 g/mol. The van der Waals surface area contributed by atoms with E-state index < -0.39 is 0 Å². The van der Waals surface area contributed by atoms with Crippen molar-refractivity contribution in [1.29, 1.82) is 0 Å². The van der Waals surface area contributed by atoms with Gasteiger partial charge in [-0.15, -0.1) is 0 Å². The van der Waals surface area contributed by atoms with E-state index in [9.17, 15) is 9.59 Å². The minimum atomic E-state index is -0.125. The fraction of sp³-hybridized carbons (Fsp3) is 0.348. The highest BCUT2D eigenvalue weighted by Gasteiger charge is 2.14. The first-order chi connectivity index (χ1) is 14.7. The molecule has 4 rings (SSSR count). The zero-order chi connectivity index (χ0) is 20.8. The molecule has 0 radical (unpaired) electrons. The molecule has 0 aliphatic heterocycles. The smallest absolute Gasteiger partial charge is 0.262 e. The second-order valence-corrected chi connectivity index (χ2v) is 8.31. The summed E-state index contributed by atoms with van der Waals surface area (Å²) in [7, 11) is 0. The van der Waals surface area contributed by atoms with E-state index in [0.29, 0.717) is 34.9 Å². The summed E-state index contributed by atoms with van der Waals surface area (Å²) in [6.45, 7) is 0.928. The summed E-state index contributed by atoms with van der Waals surface area (Å²) >= 11 is 1.30. The van der Waals surface area contributed by atoms with E-state index in [1.165, 1.54) is 30.2 Å². The number of nitrogens with one attached hydrogen (secondary N) is 1. The number of hydrogen-bond acceptors (Lipinski definition) is 5. The number of fused-ring (bicyclic) bond motifs is 1. The zero-order valence-electron chi connectivity index (χ0n) is 16.8. The van der Waals surface area contributed by atoms with Crippen LogP contribution in [-0.4, -0.2) is 21.2 Å². The Balaban J connectivity index is 1.50. The van der Waals surface area contributed by atoms with E-state index in [1.807, 2.05) is 30.3 Å². The van der Waals surface area contributed by atoms with Gasteiger partial charge in [-0.1, -0.05) is 35.5 Å². The highest BCUT2D eigenvalue weighted by atomic mass is 32.2. The molecule has 7 heteroatoms. The summed E-state index contributed by atoms with van der Waals surface area (Å²) in [6, 6.07) is 11.0. The van der Waals surface area contributed by atoms with E-state index >= 15 is 0 Å². The van der Waals surface area contributed by atoms with Crippen LogP contribution in [-0.2, 0) is 17.9 Å². The Morgan fingerprint density at radius 1 is 1.20 bits per heavy atom. The minimum absolute atomic E-state index is 0.0458. The predicted octanol–water partition coefficient (Wildman–Crippen LogP) is 4.29. The molecular weight excluding hydrogens is 398 g/mol. The second kappa shape index (κ2) is 9.80. The molecule has 156 valence electrons. The summed E-state index contributed by atoms with van der Waals surface area (Å²) in [5.74, 6) is 0.768. The number of furan rings is 1. The highest BCUT2D eigenvalue weighted by Crippen LogP contribution is 2.23. The quantitative estimate of drug-likeness (QED) is 0.332. The van der Waals surface area contributed by atoms with E-state index in [2.05, 4.69) is 16.4 Å². The van der Waals surface area contributed by atoms with Crippen molar-refractivity contribution in [3.8, 4) is 0 Å². The van der Waals surface area contributed by atoms with Crippen molar-refractivity contribution in [3.63, 3.8) is 0 Å². The van der Waals surface area contributed by atoms with Gasteiger partial charge in [-0.05, 0) is 56.4 Å². The summed E-state index contributed by atoms with van der Waals surface area (Å²) in [4.78, 5) is 30.1. The molecule has 1 N–H and O–H groups in total. The lowest BCUT2D eigenvalue weighted by atomic mass is 9.97. The third-order valence-electron chi connectivity index (χ3n) is 5.24. The number of aromatic nitrogens is 2. The fourth-order valence-corrected chi connectivity index (χ4v) is 4.48. The molecule has 0 bridgehead atoms. The molecule has 1 amide bonds. The summed E-state index contributed by atoms with van der Waals surface area (Å²) < 4.78 is 6.96. The minimum Gasteiger partial charge on any atom is -0.467 e. The Morgan fingerprint density at radius 2 is 2.10 bits per heavy atom. The number of rotatable bonds is 8. The van der Waals surface area contributed by atoms with Gasteiger partial charge in [0.15, 0.2) is 5.16 Å². The van der Waals surface area contributed by atoms with Gasteiger partial charge in [0, 0.05) is 6.54 Å². The number of carbonyl (C=O) groups is 1. The number of nitrogens with zero attached hydrogens (tertiary/aromatic N) is 2. The van der Waals surface area contributed by atoms with Crippen LogP contribution in [0.25, 0.3) is 10.9 Å². The van der Waals surface area contributed by atoms with Crippen LogP contribution in [0.2, 0.25) is 0 Å². The predicted molar refractivity (Wildman–Crippen MR) is 118 cm³/mol. The molecule has 1 aromatic carbocycles. The van der Waals surface area contributed by atoms with Crippen LogP contribution in [0.4, 0.5) is 0 Å². The lowest BCUT2D eigenvalue weighted by Gasteiger charge is -2.16. The van der Waals surface area contributed by atoms with E-state index in [0.717, 1.165) is 19.3 Å². The fourth-order valence-electron chi connectivity index (χ4n) is 3.62. The number of thioether (sulfide) groups is 1.